The van der Waals surface area contributed by atoms with Gasteiger partial charge in [-0.25, -0.2) is 0 Å². The predicted octanol–water partition coefficient (Wildman–Crippen LogP) is 0.904. The number of aryl methyl sites for hydroxylation is 2. The van der Waals surface area contributed by atoms with Crippen LogP contribution in [0.25, 0.3) is 10.9 Å². The number of carbonyl (C=O) groups excluding carboxylic acids is 1. The van der Waals surface area contributed by atoms with E-state index >= 15 is 0 Å². The summed E-state index contributed by atoms with van der Waals surface area (Å²) in [6.45, 7) is 0.466. The first-order valence-corrected chi connectivity index (χ1v) is 10.4. The third kappa shape index (κ3) is 5.25. The van der Waals surface area contributed by atoms with Crippen LogP contribution in [0.4, 0.5) is 0 Å². The zero-order valence-electron chi connectivity index (χ0n) is 17.3. The van der Waals surface area contributed by atoms with E-state index in [0.29, 0.717) is 40.3 Å². The normalized spacial score (nSPS) is 10.7. The number of rotatable bonds is 6. The Labute approximate surface area is 216 Å². The van der Waals surface area contributed by atoms with Gasteiger partial charge >= 0.3 is 29.6 Å². The minimum Gasteiger partial charge on any atom is -0.545 e. The third-order valence-electron chi connectivity index (χ3n) is 5.13. The molecule has 0 N–H and O–H groups in total. The summed E-state index contributed by atoms with van der Waals surface area (Å²) in [7, 11) is 0. The summed E-state index contributed by atoms with van der Waals surface area (Å²) in [4.78, 5) is 28.7. The molecule has 0 aliphatic carbocycles. The maximum Gasteiger partial charge on any atom is 1.00 e. The molecular formula is C24H17Cl2N2NaO3. The Morgan fingerprint density at radius 3 is 2.59 bits per heavy atom. The quantitative estimate of drug-likeness (QED) is 0.389. The van der Waals surface area contributed by atoms with Crippen LogP contribution in [0.2, 0.25) is 10.0 Å². The first-order valence-electron chi connectivity index (χ1n) is 9.64. The van der Waals surface area contributed by atoms with Crippen LogP contribution in [-0.2, 0) is 19.4 Å². The van der Waals surface area contributed by atoms with Crippen LogP contribution in [0, 0.1) is 0 Å². The number of fused-ring (bicyclic) bond motifs is 1. The molecule has 4 aromatic rings. The molecule has 0 bridgehead atoms. The maximum atomic E-state index is 12.8. The van der Waals surface area contributed by atoms with E-state index in [2.05, 4.69) is 4.98 Å². The number of pyridine rings is 2. The van der Waals surface area contributed by atoms with E-state index in [0.717, 1.165) is 16.8 Å². The predicted molar refractivity (Wildman–Crippen MR) is 120 cm³/mol. The van der Waals surface area contributed by atoms with Crippen molar-refractivity contribution >= 4 is 40.1 Å². The first-order chi connectivity index (χ1) is 14.9. The molecule has 0 atom stereocenters. The Balaban J connectivity index is 0.00000289. The van der Waals surface area contributed by atoms with Crippen LogP contribution in [0.5, 0.6) is 0 Å². The van der Waals surface area contributed by atoms with Gasteiger partial charge in [-0.1, -0.05) is 47.5 Å². The molecule has 4 rings (SSSR count). The molecule has 8 heteroatoms. The Morgan fingerprint density at radius 1 is 1.06 bits per heavy atom. The minimum atomic E-state index is -1.50. The average Bonchev–Trinajstić information content (AvgIpc) is 2.77. The fraction of sp³-hybridized carbons (Fsp3) is 0.125. The largest absolute Gasteiger partial charge is 1.00 e. The summed E-state index contributed by atoms with van der Waals surface area (Å²) in [5.74, 6) is -1.50. The number of hydrogen-bond acceptors (Lipinski definition) is 4. The van der Waals surface area contributed by atoms with E-state index in [-0.39, 0.29) is 35.1 Å². The van der Waals surface area contributed by atoms with Crippen LogP contribution < -0.4 is 40.1 Å². The summed E-state index contributed by atoms with van der Waals surface area (Å²) in [6.07, 6.45) is 4.10. The molecule has 156 valence electrons. The number of nitrogens with zero attached hydrogens (tertiary/aromatic N) is 2. The van der Waals surface area contributed by atoms with Gasteiger partial charge in [0.25, 0.3) is 0 Å². The van der Waals surface area contributed by atoms with E-state index in [1.165, 1.54) is 6.20 Å². The average molecular weight is 475 g/mol. The zero-order chi connectivity index (χ0) is 22.0. The van der Waals surface area contributed by atoms with Crippen molar-refractivity contribution in [1.29, 1.82) is 0 Å². The monoisotopic (exact) mass is 474 g/mol. The smallest absolute Gasteiger partial charge is 0.545 e. The van der Waals surface area contributed by atoms with Crippen molar-refractivity contribution in [2.75, 3.05) is 0 Å². The Morgan fingerprint density at radius 2 is 1.88 bits per heavy atom. The molecule has 0 aliphatic rings. The summed E-state index contributed by atoms with van der Waals surface area (Å²) < 4.78 is 1.76. The number of carboxylic acids is 1. The Bertz CT molecular complexity index is 1340. The van der Waals surface area contributed by atoms with Gasteiger partial charge in [-0.3, -0.25) is 9.78 Å². The summed E-state index contributed by atoms with van der Waals surface area (Å²) >= 11 is 12.4. The molecule has 0 aliphatic heterocycles. The maximum absolute atomic E-state index is 12.8. The standard InChI is InChI=1S/C24H18Cl2N2O3.Na/c25-20-6-3-4-16(22(20)26)12-15-7-8-21-18(13-15)23(29)19(24(30)31)14-28(21)11-9-17-5-1-2-10-27-17;/h1-8,10,13-14H,9,11-12H2,(H,30,31);/q;+1/p-1. The van der Waals surface area contributed by atoms with Gasteiger partial charge in [0.2, 0.25) is 0 Å². The van der Waals surface area contributed by atoms with Crippen molar-refractivity contribution in [2.45, 2.75) is 19.4 Å². The number of carbonyl (C=O) groups is 1. The molecular weight excluding hydrogens is 458 g/mol. The topological polar surface area (TPSA) is 75.0 Å². The summed E-state index contributed by atoms with van der Waals surface area (Å²) in [5.41, 5.74) is 2.22. The number of carboxylic acid groups (broad SMARTS) is 1. The molecule has 0 saturated carbocycles. The van der Waals surface area contributed by atoms with Crippen LogP contribution in [0.15, 0.2) is 71.8 Å². The van der Waals surface area contributed by atoms with Crippen molar-refractivity contribution in [3.63, 3.8) is 0 Å². The van der Waals surface area contributed by atoms with E-state index in [1.54, 1.807) is 22.9 Å². The van der Waals surface area contributed by atoms with Crippen LogP contribution in [0.3, 0.4) is 0 Å². The molecule has 0 amide bonds. The number of aromatic nitrogens is 2. The second-order valence-electron chi connectivity index (χ2n) is 7.17. The summed E-state index contributed by atoms with van der Waals surface area (Å²) in [6, 6.07) is 16.4. The molecule has 0 radical (unpaired) electrons. The van der Waals surface area contributed by atoms with E-state index < -0.39 is 11.4 Å². The minimum absolute atomic E-state index is 0. The molecule has 2 aromatic heterocycles. The number of aromatic carboxylic acids is 1. The van der Waals surface area contributed by atoms with Gasteiger partial charge in [-0.2, -0.15) is 0 Å². The molecule has 0 unspecified atom stereocenters. The fourth-order valence-corrected chi connectivity index (χ4v) is 3.96. The number of benzene rings is 2. The van der Waals surface area contributed by atoms with Crippen molar-refractivity contribution in [2.24, 2.45) is 0 Å². The Hall–Kier alpha value is -2.15. The number of hydrogen-bond donors (Lipinski definition) is 0. The van der Waals surface area contributed by atoms with Gasteiger partial charge in [-0.05, 0) is 47.9 Å². The summed E-state index contributed by atoms with van der Waals surface area (Å²) in [5, 5.41) is 12.8. The van der Waals surface area contributed by atoms with Crippen molar-refractivity contribution in [3.05, 3.63) is 110 Å². The van der Waals surface area contributed by atoms with Gasteiger partial charge in [0.05, 0.1) is 27.1 Å². The van der Waals surface area contributed by atoms with Crippen LogP contribution in [-0.4, -0.2) is 15.5 Å². The van der Waals surface area contributed by atoms with Gasteiger partial charge in [0.15, 0.2) is 5.43 Å². The molecule has 2 heterocycles. The van der Waals surface area contributed by atoms with Gasteiger partial charge in [-0.15, -0.1) is 0 Å². The molecule has 5 nitrogen and oxygen atoms in total. The fourth-order valence-electron chi connectivity index (χ4n) is 3.57. The van der Waals surface area contributed by atoms with Gasteiger partial charge < -0.3 is 14.5 Å². The van der Waals surface area contributed by atoms with E-state index in [1.807, 2.05) is 42.5 Å². The SMILES string of the molecule is O=C([O-])c1cn(CCc2ccccn2)c2ccc(Cc3cccc(Cl)c3Cl)cc2c1=O.[Na+]. The van der Waals surface area contributed by atoms with E-state index in [4.69, 9.17) is 23.2 Å². The van der Waals surface area contributed by atoms with Crippen molar-refractivity contribution in [1.82, 2.24) is 9.55 Å². The second kappa shape index (κ2) is 10.6. The van der Waals surface area contributed by atoms with Crippen molar-refractivity contribution in [3.8, 4) is 0 Å². The molecule has 0 saturated heterocycles. The molecule has 2 aromatic carbocycles. The van der Waals surface area contributed by atoms with Crippen LogP contribution >= 0.6 is 23.2 Å². The first kappa shape index (κ1) is 24.5. The van der Waals surface area contributed by atoms with Gasteiger partial charge in [0, 0.05) is 36.4 Å². The third-order valence-corrected chi connectivity index (χ3v) is 5.98. The Kier molecular flexibility index (Phi) is 8.15. The van der Waals surface area contributed by atoms with Gasteiger partial charge in [0.1, 0.15) is 0 Å². The zero-order valence-corrected chi connectivity index (χ0v) is 20.9. The number of halogens is 2. The van der Waals surface area contributed by atoms with Crippen LogP contribution in [0.1, 0.15) is 27.2 Å². The molecule has 32 heavy (non-hydrogen) atoms. The van der Waals surface area contributed by atoms with Crippen molar-refractivity contribution < 1.29 is 39.5 Å². The second-order valence-corrected chi connectivity index (χ2v) is 7.95. The molecule has 0 fully saturated rings. The molecule has 0 spiro atoms. The van der Waals surface area contributed by atoms with E-state index in [9.17, 15) is 14.7 Å².